The maximum atomic E-state index is 6.61. The van der Waals surface area contributed by atoms with E-state index in [0.717, 1.165) is 111 Å². The molecule has 1 aliphatic rings. The van der Waals surface area contributed by atoms with Gasteiger partial charge in [-0.15, -0.1) is 0 Å². The first-order valence-corrected chi connectivity index (χ1v) is 18.3. The van der Waals surface area contributed by atoms with E-state index in [1.165, 1.54) is 11.1 Å². The minimum atomic E-state index is -0.120. The van der Waals surface area contributed by atoms with Crippen LogP contribution >= 0.6 is 0 Å². The first kappa shape index (κ1) is 30.4. The number of hydrogen-bond donors (Lipinski definition) is 1. The van der Waals surface area contributed by atoms with Gasteiger partial charge in [0.25, 0.3) is 0 Å². The molecule has 0 saturated carbocycles. The van der Waals surface area contributed by atoms with Crippen molar-refractivity contribution in [1.29, 1.82) is 0 Å². The monoisotopic (exact) mass is 688 g/mol. The van der Waals surface area contributed by atoms with Crippen LogP contribution in [0.1, 0.15) is 52.7 Å². The Hall–Kier alpha value is -6.27. The van der Waals surface area contributed by atoms with Gasteiger partial charge in [0, 0.05) is 44.8 Å². The molecule has 53 heavy (non-hydrogen) atoms. The Kier molecular flexibility index (Phi) is 5.84. The highest BCUT2D eigenvalue weighted by Crippen LogP contribution is 2.46. The average molecular weight is 689 g/mol. The van der Waals surface area contributed by atoms with Crippen LogP contribution in [-0.4, -0.2) is 19.9 Å². The number of benzene rings is 4. The van der Waals surface area contributed by atoms with Crippen molar-refractivity contribution >= 4 is 65.7 Å². The van der Waals surface area contributed by atoms with Crippen molar-refractivity contribution in [1.82, 2.24) is 19.9 Å². The van der Waals surface area contributed by atoms with Crippen LogP contribution in [0.25, 0.3) is 111 Å². The van der Waals surface area contributed by atoms with E-state index in [2.05, 4.69) is 101 Å². The van der Waals surface area contributed by atoms with Crippen molar-refractivity contribution in [2.75, 3.05) is 0 Å². The summed E-state index contributed by atoms with van der Waals surface area (Å²) in [5, 5.41) is 6.21. The summed E-state index contributed by atoms with van der Waals surface area (Å²) < 4.78 is 13.2. The quantitative estimate of drug-likeness (QED) is 0.171. The molecule has 4 aromatic carbocycles. The average Bonchev–Trinajstić information content (AvgIpc) is 3.83. The van der Waals surface area contributed by atoms with Crippen LogP contribution in [0.4, 0.5) is 0 Å². The van der Waals surface area contributed by atoms with Gasteiger partial charge < -0.3 is 13.8 Å². The minimum absolute atomic E-state index is 0.120. The molecular weight excluding hydrogens is 653 g/mol. The van der Waals surface area contributed by atoms with Crippen LogP contribution in [0.5, 0.6) is 0 Å². The third-order valence-corrected chi connectivity index (χ3v) is 11.1. The van der Waals surface area contributed by atoms with Crippen LogP contribution in [0.3, 0.4) is 0 Å². The Labute approximate surface area is 305 Å². The number of nitrogens with one attached hydrogen (secondary N) is 1. The van der Waals surface area contributed by atoms with Crippen LogP contribution in [-0.2, 0) is 10.8 Å². The summed E-state index contributed by atoms with van der Waals surface area (Å²) in [4.78, 5) is 20.4. The number of hydrogen-bond acceptors (Lipinski definition) is 5. The molecule has 1 N–H and O–H groups in total. The number of aromatic amines is 1. The normalized spacial score (nSPS) is 13.1. The second kappa shape index (κ2) is 10.2. The molecule has 0 amide bonds. The van der Waals surface area contributed by atoms with E-state index in [1.54, 1.807) is 0 Å². The van der Waals surface area contributed by atoms with Gasteiger partial charge in [-0.1, -0.05) is 84.0 Å². The van der Waals surface area contributed by atoms with Crippen LogP contribution < -0.4 is 0 Å². The van der Waals surface area contributed by atoms with Crippen molar-refractivity contribution in [3.05, 3.63) is 114 Å². The molecule has 256 valence electrons. The molecule has 0 spiro atoms. The van der Waals surface area contributed by atoms with Gasteiger partial charge in [-0.3, -0.25) is 0 Å². The Morgan fingerprint density at radius 1 is 0.434 bits per heavy atom. The Balaban J connectivity index is 1.40. The van der Waals surface area contributed by atoms with E-state index in [0.29, 0.717) is 0 Å². The highest BCUT2D eigenvalue weighted by Gasteiger charge is 2.27. The minimum Gasteiger partial charge on any atom is -0.456 e. The topological polar surface area (TPSA) is 80.7 Å². The second-order valence-corrected chi connectivity index (χ2v) is 16.6. The summed E-state index contributed by atoms with van der Waals surface area (Å²) in [7, 11) is 0. The van der Waals surface area contributed by atoms with Gasteiger partial charge in [0.15, 0.2) is 0 Å². The van der Waals surface area contributed by atoms with Crippen molar-refractivity contribution in [3.8, 4) is 45.3 Å². The van der Waals surface area contributed by atoms with E-state index in [4.69, 9.17) is 23.8 Å². The van der Waals surface area contributed by atoms with Crippen molar-refractivity contribution in [2.24, 2.45) is 0 Å². The lowest BCUT2D eigenvalue weighted by molar-refractivity contribution is 0.590. The lowest BCUT2D eigenvalue weighted by Crippen LogP contribution is -2.11. The van der Waals surface area contributed by atoms with Crippen LogP contribution in [0.2, 0.25) is 0 Å². The van der Waals surface area contributed by atoms with Gasteiger partial charge in [-0.05, 0) is 70.5 Å². The molecule has 7 heterocycles. The maximum absolute atomic E-state index is 6.61. The molecular formula is C47H36N4O2. The van der Waals surface area contributed by atoms with E-state index in [9.17, 15) is 0 Å². The van der Waals surface area contributed by atoms with Gasteiger partial charge in [0.2, 0.25) is 0 Å². The molecule has 0 atom stereocenters. The molecule has 6 heteroatoms. The lowest BCUT2D eigenvalue weighted by atomic mass is 9.83. The number of nitrogens with zero attached hydrogens (tertiary/aromatic N) is 3. The van der Waals surface area contributed by atoms with Gasteiger partial charge >= 0.3 is 0 Å². The number of rotatable bonds is 0. The summed E-state index contributed by atoms with van der Waals surface area (Å²) in [6.07, 6.45) is 0. The zero-order valence-corrected chi connectivity index (χ0v) is 30.5. The number of fused-ring (bicyclic) bond motifs is 19. The maximum Gasteiger partial charge on any atom is 0.139 e. The molecule has 8 bridgehead atoms. The van der Waals surface area contributed by atoms with Gasteiger partial charge in [0.05, 0.1) is 44.6 Å². The lowest BCUT2D eigenvalue weighted by Gasteiger charge is -2.21. The molecule has 0 aliphatic carbocycles. The molecule has 11 rings (SSSR count). The van der Waals surface area contributed by atoms with Crippen LogP contribution in [0.15, 0.2) is 112 Å². The highest BCUT2D eigenvalue weighted by atomic mass is 16.3. The van der Waals surface area contributed by atoms with Gasteiger partial charge in [-0.2, -0.15) is 0 Å². The largest absolute Gasteiger partial charge is 0.456 e. The summed E-state index contributed by atoms with van der Waals surface area (Å²) >= 11 is 0. The Bertz CT molecular complexity index is 2990. The fraction of sp³-hybridized carbons (Fsp3) is 0.170. The molecule has 6 nitrogen and oxygen atoms in total. The number of furan rings is 2. The summed E-state index contributed by atoms with van der Waals surface area (Å²) in [5.74, 6) is 0. The highest BCUT2D eigenvalue weighted by molar-refractivity contribution is 6.18. The van der Waals surface area contributed by atoms with Crippen molar-refractivity contribution < 1.29 is 8.83 Å². The molecule has 0 unspecified atom stereocenters. The van der Waals surface area contributed by atoms with Crippen molar-refractivity contribution in [2.45, 2.75) is 52.4 Å². The summed E-state index contributed by atoms with van der Waals surface area (Å²) in [5.41, 5.74) is 14.2. The third-order valence-electron chi connectivity index (χ3n) is 11.1. The fourth-order valence-corrected chi connectivity index (χ4v) is 8.20. The summed E-state index contributed by atoms with van der Waals surface area (Å²) in [6.45, 7) is 13.6. The van der Waals surface area contributed by atoms with E-state index >= 15 is 0 Å². The number of aromatic nitrogens is 4. The molecule has 10 aromatic rings. The Morgan fingerprint density at radius 3 is 1.34 bits per heavy atom. The number of H-pyrrole nitrogens is 1. The second-order valence-electron chi connectivity index (χ2n) is 16.6. The molecule has 0 saturated heterocycles. The first-order chi connectivity index (χ1) is 25.5. The molecule has 6 aromatic heterocycles. The zero-order chi connectivity index (χ0) is 36.0. The van der Waals surface area contributed by atoms with E-state index in [1.807, 2.05) is 48.5 Å². The SMILES string of the molecule is CC(C)(C)c1cc2c3[nH]c4c(cc(C(C)(C)C)cc4c3c1)-c1cc3oc4ccccc4c3c(n1)-c1cccc(n1)-c1nc-2cc2oc3ccccc3c12. The Morgan fingerprint density at radius 2 is 0.887 bits per heavy atom. The fourth-order valence-electron chi connectivity index (χ4n) is 8.20. The summed E-state index contributed by atoms with van der Waals surface area (Å²) in [6, 6.07) is 36.0. The van der Waals surface area contributed by atoms with E-state index < -0.39 is 0 Å². The standard InChI is InChI=1S/C47H36N4O2/c1-46(2,3)24-18-28-29-19-25(47(4,5)6)21-31-35-23-39-41(27-13-8-10-17-37(27)53-39)45(50-35)33-15-11-14-32(48-33)44-40-26-12-7-9-16-36(26)52-38(40)22-34(49-44)30(20-24)42(28)51-43(29)31/h7-23,51H,1-6H3. The van der Waals surface area contributed by atoms with Crippen LogP contribution in [0, 0.1) is 0 Å². The van der Waals surface area contributed by atoms with Crippen molar-refractivity contribution in [3.63, 3.8) is 0 Å². The third kappa shape index (κ3) is 4.35. The van der Waals surface area contributed by atoms with Gasteiger partial charge in [0.1, 0.15) is 33.7 Å². The first-order valence-electron chi connectivity index (χ1n) is 18.3. The predicted molar refractivity (Wildman–Crippen MR) is 216 cm³/mol. The molecule has 0 fully saturated rings. The predicted octanol–water partition coefficient (Wildman–Crippen LogP) is 12.9. The smallest absolute Gasteiger partial charge is 0.139 e. The molecule has 0 radical (unpaired) electrons. The molecule has 1 aliphatic heterocycles. The number of pyridine rings is 3. The zero-order valence-electron chi connectivity index (χ0n) is 30.5. The number of para-hydroxylation sites is 2. The van der Waals surface area contributed by atoms with Gasteiger partial charge in [-0.25, -0.2) is 15.0 Å². The van der Waals surface area contributed by atoms with E-state index in [-0.39, 0.29) is 10.8 Å².